The van der Waals surface area contributed by atoms with Gasteiger partial charge >= 0.3 is 5.97 Å². The molecule has 3 nitrogen and oxygen atoms in total. The number of nitrogens with zero attached hydrogens (tertiary/aromatic N) is 1. The minimum Gasteiger partial charge on any atom is -0.480 e. The predicted octanol–water partition coefficient (Wildman–Crippen LogP) is 1.27. The van der Waals surface area contributed by atoms with E-state index in [9.17, 15) is 9.18 Å². The summed E-state index contributed by atoms with van der Waals surface area (Å²) < 4.78 is 13.3. The van der Waals surface area contributed by atoms with Gasteiger partial charge in [-0.25, -0.2) is 9.18 Å². The Morgan fingerprint density at radius 3 is 2.93 bits per heavy atom. The van der Waals surface area contributed by atoms with Crippen molar-refractivity contribution < 1.29 is 14.3 Å². The Morgan fingerprint density at radius 1 is 1.64 bits per heavy atom. The fourth-order valence-corrected chi connectivity index (χ4v) is 1.87. The van der Waals surface area contributed by atoms with Crippen molar-refractivity contribution >= 4 is 11.7 Å². The number of aliphatic carboxylic acids is 1. The van der Waals surface area contributed by atoms with Gasteiger partial charge < -0.3 is 10.0 Å². The standard InChI is InChI=1S/C10H10FNO2/c1-12-8(10(13)14)5-6-3-2-4-7(11)9(6)12/h2-4,8H,5H2,1H3,(H,13,14)/t8-/m0/s1. The number of rotatable bonds is 1. The zero-order chi connectivity index (χ0) is 10.3. The second-order valence-corrected chi connectivity index (χ2v) is 3.42. The van der Waals surface area contributed by atoms with E-state index < -0.39 is 12.0 Å². The molecule has 1 heterocycles. The number of carboxylic acids is 1. The summed E-state index contributed by atoms with van der Waals surface area (Å²) in [6, 6.07) is 4.07. The van der Waals surface area contributed by atoms with E-state index in [1.165, 1.54) is 11.0 Å². The van der Waals surface area contributed by atoms with Crippen molar-refractivity contribution in [3.05, 3.63) is 29.6 Å². The number of hydrogen-bond acceptors (Lipinski definition) is 2. The van der Waals surface area contributed by atoms with Crippen LogP contribution in [0.25, 0.3) is 0 Å². The summed E-state index contributed by atoms with van der Waals surface area (Å²) in [7, 11) is 1.60. The van der Waals surface area contributed by atoms with Crippen molar-refractivity contribution in [1.29, 1.82) is 0 Å². The van der Waals surface area contributed by atoms with E-state index in [-0.39, 0.29) is 5.82 Å². The first kappa shape index (κ1) is 8.99. The zero-order valence-corrected chi connectivity index (χ0v) is 7.70. The van der Waals surface area contributed by atoms with Crippen LogP contribution in [0.3, 0.4) is 0 Å². The third-order valence-corrected chi connectivity index (χ3v) is 2.59. The molecule has 1 aromatic rings. The molecular formula is C10H10FNO2. The topological polar surface area (TPSA) is 40.5 Å². The van der Waals surface area contributed by atoms with E-state index in [0.717, 1.165) is 5.56 Å². The van der Waals surface area contributed by atoms with Gasteiger partial charge in [0, 0.05) is 13.5 Å². The average Bonchev–Trinajstić information content (AvgIpc) is 2.45. The summed E-state index contributed by atoms with van der Waals surface area (Å²) >= 11 is 0. The van der Waals surface area contributed by atoms with Gasteiger partial charge in [-0.05, 0) is 11.6 Å². The Balaban J connectivity index is 2.46. The molecule has 1 aliphatic rings. The minimum atomic E-state index is -0.914. The fraction of sp³-hybridized carbons (Fsp3) is 0.300. The lowest BCUT2D eigenvalue weighted by Crippen LogP contribution is -2.35. The second-order valence-electron chi connectivity index (χ2n) is 3.42. The molecule has 0 amide bonds. The van der Waals surface area contributed by atoms with Gasteiger partial charge in [0.15, 0.2) is 0 Å². The van der Waals surface area contributed by atoms with E-state index >= 15 is 0 Å². The molecule has 2 rings (SSSR count). The highest BCUT2D eigenvalue weighted by molar-refractivity contribution is 5.82. The fourth-order valence-electron chi connectivity index (χ4n) is 1.87. The molecule has 4 heteroatoms. The number of fused-ring (bicyclic) bond motifs is 1. The van der Waals surface area contributed by atoms with Gasteiger partial charge in [0.05, 0.1) is 5.69 Å². The molecule has 0 fully saturated rings. The minimum absolute atomic E-state index is 0.353. The van der Waals surface area contributed by atoms with Gasteiger partial charge in [0.2, 0.25) is 0 Å². The largest absolute Gasteiger partial charge is 0.480 e. The van der Waals surface area contributed by atoms with Crippen molar-refractivity contribution in [3.8, 4) is 0 Å². The monoisotopic (exact) mass is 195 g/mol. The molecule has 0 spiro atoms. The van der Waals surface area contributed by atoms with Crippen LogP contribution >= 0.6 is 0 Å². The van der Waals surface area contributed by atoms with E-state index in [1.807, 2.05) is 0 Å². The lowest BCUT2D eigenvalue weighted by molar-refractivity contribution is -0.138. The van der Waals surface area contributed by atoms with Crippen LogP contribution in [-0.2, 0) is 11.2 Å². The number of anilines is 1. The molecule has 0 saturated carbocycles. The van der Waals surface area contributed by atoms with Crippen LogP contribution in [0.15, 0.2) is 18.2 Å². The van der Waals surface area contributed by atoms with Crippen molar-refractivity contribution in [2.75, 3.05) is 11.9 Å². The maximum atomic E-state index is 13.3. The predicted molar refractivity (Wildman–Crippen MR) is 49.9 cm³/mol. The highest BCUT2D eigenvalue weighted by Gasteiger charge is 2.33. The Labute approximate surface area is 80.8 Å². The van der Waals surface area contributed by atoms with Gasteiger partial charge in [0.25, 0.3) is 0 Å². The molecule has 74 valence electrons. The van der Waals surface area contributed by atoms with Gasteiger partial charge in [-0.3, -0.25) is 0 Å². The van der Waals surface area contributed by atoms with Crippen LogP contribution in [0.5, 0.6) is 0 Å². The van der Waals surface area contributed by atoms with Gasteiger partial charge in [-0.2, -0.15) is 0 Å². The van der Waals surface area contributed by atoms with E-state index in [2.05, 4.69) is 0 Å². The number of carbonyl (C=O) groups is 1. The van der Waals surface area contributed by atoms with Crippen molar-refractivity contribution in [1.82, 2.24) is 0 Å². The van der Waals surface area contributed by atoms with Gasteiger partial charge in [0.1, 0.15) is 11.9 Å². The highest BCUT2D eigenvalue weighted by Crippen LogP contribution is 2.33. The van der Waals surface area contributed by atoms with Crippen molar-refractivity contribution in [2.45, 2.75) is 12.5 Å². The molecule has 0 aliphatic carbocycles. The van der Waals surface area contributed by atoms with Crippen LogP contribution in [0.2, 0.25) is 0 Å². The smallest absolute Gasteiger partial charge is 0.326 e. The first-order valence-electron chi connectivity index (χ1n) is 4.34. The third-order valence-electron chi connectivity index (χ3n) is 2.59. The van der Waals surface area contributed by atoms with Crippen LogP contribution in [0.4, 0.5) is 10.1 Å². The Kier molecular flexibility index (Phi) is 1.91. The molecule has 14 heavy (non-hydrogen) atoms. The van der Waals surface area contributed by atoms with E-state index in [0.29, 0.717) is 12.1 Å². The van der Waals surface area contributed by atoms with Crippen LogP contribution in [-0.4, -0.2) is 24.2 Å². The molecule has 1 aliphatic heterocycles. The SMILES string of the molecule is CN1c2c(F)cccc2C[C@H]1C(=O)O. The van der Waals surface area contributed by atoms with Crippen molar-refractivity contribution in [3.63, 3.8) is 0 Å². The van der Waals surface area contributed by atoms with E-state index in [4.69, 9.17) is 5.11 Å². The van der Waals surface area contributed by atoms with Crippen LogP contribution in [0.1, 0.15) is 5.56 Å². The second kappa shape index (κ2) is 2.97. The normalized spacial score (nSPS) is 19.6. The number of likely N-dealkylation sites (N-methyl/N-ethyl adjacent to an activating group) is 1. The zero-order valence-electron chi connectivity index (χ0n) is 7.70. The Bertz CT molecular complexity index is 392. The molecule has 1 aromatic carbocycles. The molecule has 1 N–H and O–H groups in total. The summed E-state index contributed by atoms with van der Waals surface area (Å²) in [6.45, 7) is 0. The third kappa shape index (κ3) is 1.14. The summed E-state index contributed by atoms with van der Waals surface area (Å²) in [6.07, 6.45) is 0.374. The Hall–Kier alpha value is -1.58. The lowest BCUT2D eigenvalue weighted by atomic mass is 10.1. The molecule has 0 unspecified atom stereocenters. The number of benzene rings is 1. The lowest BCUT2D eigenvalue weighted by Gasteiger charge is -2.18. The summed E-state index contributed by atoms with van der Waals surface area (Å²) in [5, 5.41) is 8.88. The molecular weight excluding hydrogens is 185 g/mol. The van der Waals surface area contributed by atoms with Gasteiger partial charge in [-0.15, -0.1) is 0 Å². The average molecular weight is 195 g/mol. The maximum absolute atomic E-state index is 13.3. The highest BCUT2D eigenvalue weighted by atomic mass is 19.1. The summed E-state index contributed by atoms with van der Waals surface area (Å²) in [5.41, 5.74) is 1.18. The van der Waals surface area contributed by atoms with Crippen LogP contribution in [0, 0.1) is 5.82 Å². The van der Waals surface area contributed by atoms with E-state index in [1.54, 1.807) is 19.2 Å². The summed E-state index contributed by atoms with van der Waals surface area (Å²) in [5.74, 6) is -1.27. The number of carboxylic acid groups (broad SMARTS) is 1. The first-order valence-corrected chi connectivity index (χ1v) is 4.34. The maximum Gasteiger partial charge on any atom is 0.326 e. The molecule has 0 aromatic heterocycles. The van der Waals surface area contributed by atoms with Crippen molar-refractivity contribution in [2.24, 2.45) is 0 Å². The molecule has 1 atom stereocenters. The quantitative estimate of drug-likeness (QED) is 0.733. The molecule has 0 saturated heterocycles. The van der Waals surface area contributed by atoms with Gasteiger partial charge in [-0.1, -0.05) is 12.1 Å². The number of hydrogen-bond donors (Lipinski definition) is 1. The summed E-state index contributed by atoms with van der Waals surface area (Å²) in [4.78, 5) is 12.3. The Morgan fingerprint density at radius 2 is 2.36 bits per heavy atom. The molecule has 0 bridgehead atoms. The number of halogens is 1. The molecule has 0 radical (unpaired) electrons. The van der Waals surface area contributed by atoms with Crippen LogP contribution < -0.4 is 4.90 Å². The number of para-hydroxylation sites is 1. The first-order chi connectivity index (χ1) is 6.61.